The van der Waals surface area contributed by atoms with Gasteiger partial charge in [-0.1, -0.05) is 36.8 Å². The lowest BCUT2D eigenvalue weighted by Crippen LogP contribution is -2.50. The Balaban J connectivity index is 1.54. The number of carbonyl (C=O) groups excluding carboxylic acids is 1. The Morgan fingerprint density at radius 1 is 1.06 bits per heavy atom. The molecule has 8 nitrogen and oxygen atoms in total. The Labute approximate surface area is 186 Å². The standard InChI is InChI=1S/C23H23N5O3S/c1-32(30,31)19-5-2-4-16(12-19)20(29)28-21(24)23(10-3-11-23)18-8-6-15(7-9-18)17-13-26-22(25)27-14-17/h2,4-9,12-14H,3,10-11H2,1H3,(H2,24,28,29)(H2,25,26,27). The van der Waals surface area contributed by atoms with Crippen LogP contribution in [0.3, 0.4) is 0 Å². The van der Waals surface area contributed by atoms with Gasteiger partial charge < -0.3 is 11.1 Å². The van der Waals surface area contributed by atoms with Gasteiger partial charge >= 0.3 is 0 Å². The highest BCUT2D eigenvalue weighted by Crippen LogP contribution is 2.44. The van der Waals surface area contributed by atoms with Crippen molar-refractivity contribution in [1.29, 1.82) is 5.41 Å². The number of hydrogen-bond acceptors (Lipinski definition) is 7. The summed E-state index contributed by atoms with van der Waals surface area (Å²) in [5, 5.41) is 11.3. The van der Waals surface area contributed by atoms with Gasteiger partial charge in [0.2, 0.25) is 5.95 Å². The fraction of sp³-hybridized carbons (Fsp3) is 0.217. The minimum atomic E-state index is -3.43. The molecule has 1 aliphatic rings. The number of benzene rings is 2. The first-order chi connectivity index (χ1) is 15.2. The molecule has 1 aliphatic carbocycles. The second-order valence-electron chi connectivity index (χ2n) is 7.97. The van der Waals surface area contributed by atoms with Crippen LogP contribution in [0.1, 0.15) is 35.2 Å². The van der Waals surface area contributed by atoms with Crippen LogP contribution in [0.25, 0.3) is 11.1 Å². The zero-order chi connectivity index (χ0) is 22.9. The SMILES string of the molecule is CS(=O)(=O)c1cccc(C(=O)NC(=N)C2(c3ccc(-c4cnc(N)nc4)cc3)CCC2)c1. The van der Waals surface area contributed by atoms with Crippen molar-refractivity contribution >= 4 is 27.5 Å². The van der Waals surface area contributed by atoms with Crippen molar-refractivity contribution in [1.82, 2.24) is 15.3 Å². The van der Waals surface area contributed by atoms with E-state index >= 15 is 0 Å². The highest BCUT2D eigenvalue weighted by atomic mass is 32.2. The molecule has 0 saturated heterocycles. The van der Waals surface area contributed by atoms with Crippen molar-refractivity contribution in [3.63, 3.8) is 0 Å². The van der Waals surface area contributed by atoms with Crippen LogP contribution in [-0.4, -0.2) is 36.4 Å². The number of nitrogens with zero attached hydrogens (tertiary/aromatic N) is 2. The predicted molar refractivity (Wildman–Crippen MR) is 122 cm³/mol. The molecule has 1 heterocycles. The molecule has 4 N–H and O–H groups in total. The summed E-state index contributed by atoms with van der Waals surface area (Å²) in [6, 6.07) is 13.6. The molecule has 32 heavy (non-hydrogen) atoms. The molecule has 3 aromatic rings. The Morgan fingerprint density at radius 3 is 2.28 bits per heavy atom. The molecule has 4 rings (SSSR count). The van der Waals surface area contributed by atoms with Gasteiger partial charge in [-0.25, -0.2) is 18.4 Å². The number of nitrogens with one attached hydrogen (secondary N) is 2. The van der Waals surface area contributed by atoms with Crippen LogP contribution in [0, 0.1) is 5.41 Å². The van der Waals surface area contributed by atoms with Crippen molar-refractivity contribution < 1.29 is 13.2 Å². The minimum Gasteiger partial charge on any atom is -0.368 e. The second kappa shape index (κ2) is 8.16. The number of nitrogen functional groups attached to an aromatic ring is 1. The summed E-state index contributed by atoms with van der Waals surface area (Å²) in [5.74, 6) is -0.172. The Hall–Kier alpha value is -3.59. The summed E-state index contributed by atoms with van der Waals surface area (Å²) >= 11 is 0. The lowest BCUT2D eigenvalue weighted by atomic mass is 9.63. The van der Waals surface area contributed by atoms with Gasteiger partial charge in [0.25, 0.3) is 5.91 Å². The van der Waals surface area contributed by atoms with E-state index in [1.165, 1.54) is 24.3 Å². The van der Waals surface area contributed by atoms with Gasteiger partial charge in [0, 0.05) is 29.8 Å². The van der Waals surface area contributed by atoms with E-state index in [-0.39, 0.29) is 22.2 Å². The minimum absolute atomic E-state index is 0.0669. The van der Waals surface area contributed by atoms with Gasteiger partial charge in [-0.15, -0.1) is 0 Å². The molecular weight excluding hydrogens is 426 g/mol. The molecule has 164 valence electrons. The van der Waals surface area contributed by atoms with Crippen molar-refractivity contribution in [2.45, 2.75) is 29.6 Å². The number of carbonyl (C=O) groups is 1. The van der Waals surface area contributed by atoms with Crippen LogP contribution in [0.4, 0.5) is 5.95 Å². The van der Waals surface area contributed by atoms with Crippen molar-refractivity contribution in [2.75, 3.05) is 12.0 Å². The van der Waals surface area contributed by atoms with Crippen molar-refractivity contribution in [3.8, 4) is 11.1 Å². The topological polar surface area (TPSA) is 139 Å². The lowest BCUT2D eigenvalue weighted by Gasteiger charge is -2.42. The van der Waals surface area contributed by atoms with Crippen molar-refractivity contribution in [2.24, 2.45) is 0 Å². The van der Waals surface area contributed by atoms with E-state index in [0.717, 1.165) is 42.2 Å². The van der Waals surface area contributed by atoms with Crippen LogP contribution in [0.5, 0.6) is 0 Å². The third kappa shape index (κ3) is 4.11. The number of amidine groups is 1. The summed E-state index contributed by atoms with van der Waals surface area (Å²) in [4.78, 5) is 20.8. The molecule has 2 aromatic carbocycles. The zero-order valence-electron chi connectivity index (χ0n) is 17.5. The summed E-state index contributed by atoms with van der Waals surface area (Å²) in [6.07, 6.45) is 6.86. The number of aromatic nitrogens is 2. The molecular formula is C23H23N5O3S. The normalized spacial score (nSPS) is 14.9. The molecule has 0 aliphatic heterocycles. The third-order valence-electron chi connectivity index (χ3n) is 5.89. The van der Waals surface area contributed by atoms with Crippen LogP contribution < -0.4 is 11.1 Å². The number of sulfone groups is 1. The molecule has 0 spiro atoms. The van der Waals surface area contributed by atoms with E-state index in [1.807, 2.05) is 24.3 Å². The van der Waals surface area contributed by atoms with Gasteiger partial charge in [-0.05, 0) is 42.2 Å². The van der Waals surface area contributed by atoms with E-state index in [9.17, 15) is 13.2 Å². The molecule has 0 bridgehead atoms. The predicted octanol–water partition coefficient (Wildman–Crippen LogP) is 2.96. The van der Waals surface area contributed by atoms with E-state index in [0.29, 0.717) is 0 Å². The molecule has 0 unspecified atom stereocenters. The maximum atomic E-state index is 12.7. The number of hydrogen-bond donors (Lipinski definition) is 3. The summed E-state index contributed by atoms with van der Waals surface area (Å²) < 4.78 is 23.6. The average molecular weight is 450 g/mol. The molecule has 9 heteroatoms. The lowest BCUT2D eigenvalue weighted by molar-refractivity contribution is 0.0972. The summed E-state index contributed by atoms with van der Waals surface area (Å²) in [5.41, 5.74) is 7.88. The molecule has 1 saturated carbocycles. The third-order valence-corrected chi connectivity index (χ3v) is 7.00. The number of amides is 1. The fourth-order valence-electron chi connectivity index (χ4n) is 3.86. The fourth-order valence-corrected chi connectivity index (χ4v) is 4.52. The van der Waals surface area contributed by atoms with E-state index in [2.05, 4.69) is 15.3 Å². The van der Waals surface area contributed by atoms with E-state index in [4.69, 9.17) is 11.1 Å². The molecule has 0 atom stereocenters. The first-order valence-corrected chi connectivity index (χ1v) is 12.0. The van der Waals surface area contributed by atoms with Crippen LogP contribution in [0.15, 0.2) is 65.8 Å². The smallest absolute Gasteiger partial charge is 0.256 e. The monoisotopic (exact) mass is 449 g/mol. The van der Waals surface area contributed by atoms with Gasteiger partial charge in [-0.2, -0.15) is 0 Å². The summed E-state index contributed by atoms with van der Waals surface area (Å²) in [6.45, 7) is 0. The average Bonchev–Trinajstić information content (AvgIpc) is 2.73. The maximum Gasteiger partial charge on any atom is 0.256 e. The van der Waals surface area contributed by atoms with Gasteiger partial charge in [-0.3, -0.25) is 10.2 Å². The van der Waals surface area contributed by atoms with E-state index < -0.39 is 21.2 Å². The van der Waals surface area contributed by atoms with Crippen molar-refractivity contribution in [3.05, 3.63) is 72.1 Å². The van der Waals surface area contributed by atoms with Gasteiger partial charge in [0.05, 0.1) is 10.3 Å². The number of anilines is 1. The first-order valence-electron chi connectivity index (χ1n) is 10.1. The Morgan fingerprint density at radius 2 is 1.72 bits per heavy atom. The van der Waals surface area contributed by atoms with Gasteiger partial charge in [0.1, 0.15) is 5.84 Å². The van der Waals surface area contributed by atoms with Crippen LogP contribution >= 0.6 is 0 Å². The van der Waals surface area contributed by atoms with Crippen LogP contribution in [0.2, 0.25) is 0 Å². The van der Waals surface area contributed by atoms with Gasteiger partial charge in [0.15, 0.2) is 9.84 Å². The molecule has 1 amide bonds. The quantitative estimate of drug-likeness (QED) is 0.404. The highest BCUT2D eigenvalue weighted by molar-refractivity contribution is 7.90. The number of nitrogens with two attached hydrogens (primary N) is 1. The second-order valence-corrected chi connectivity index (χ2v) is 9.99. The Kier molecular flexibility index (Phi) is 5.52. The summed E-state index contributed by atoms with van der Waals surface area (Å²) in [7, 11) is -3.43. The zero-order valence-corrected chi connectivity index (χ0v) is 18.3. The molecule has 1 fully saturated rings. The molecule has 0 radical (unpaired) electrons. The highest BCUT2D eigenvalue weighted by Gasteiger charge is 2.43. The number of rotatable bonds is 5. The van der Waals surface area contributed by atoms with E-state index in [1.54, 1.807) is 12.4 Å². The first kappa shape index (κ1) is 21.6. The Bertz CT molecular complexity index is 1280. The largest absolute Gasteiger partial charge is 0.368 e. The maximum absolute atomic E-state index is 12.7. The van der Waals surface area contributed by atoms with Crippen LogP contribution in [-0.2, 0) is 15.3 Å². The molecule has 1 aromatic heterocycles.